The topological polar surface area (TPSA) is 588 Å². The van der Waals surface area contributed by atoms with E-state index in [1.54, 1.807) is 73.1 Å². The molecule has 0 bridgehead atoms. The number of para-hydroxylation sites is 2. The number of fused-ring (bicyclic) bond motifs is 2. The number of benzene rings is 3. The standard InChI is InChI=1S/C74H106N20O13S.C2H4O2/c1-42(2)36-55(66(100)85-51(63(79)97)30-35-108-3)89-68(102)58(39-45-41-84-50-22-10-8-19-47(45)50)92-67(101)56(37-43-16-5-4-6-17-43)90-69(103)57(38-44-40-83-49-21-9-7-18-46(44)49)91-65(99)52(26-28-61(77)95)86-64(98)53(27-29-62(78)96)87-70(104)60-25-15-34-94(60)73(107)54(23-11-12-31-75)88-71(105)59-24-14-33-93(59)72(106)48(76)20-13-32-82-74(80)81;1-2(3)4/h4-10,16-19,21-22,40-42,48,51-60,83-84H,11-15,20,23-39,75-76H2,1-3H3,(H2,77,95)(H2,78,96)(H2,79,97)(H,85,100)(H,86,98)(H,87,104)(H,88,105)(H,89,102)(H,90,103)(H,91,99)(H,92,101)(H4,80,81,82);1H3,(H,3,4)/t48-,51-,52-,53-,54-,55-,56-,57+,58+,59+,60-;/m0./s1. The number of carbonyl (C=O) groups excluding carboxylic acids is 13. The first-order valence-corrected chi connectivity index (χ1v) is 39.0. The molecule has 5 aromatic rings. The number of unbranched alkanes of at least 4 members (excludes halogenated alkanes) is 1. The van der Waals surface area contributed by atoms with Crippen LogP contribution in [-0.2, 0) is 86.4 Å². The Morgan fingerprint density at radius 1 is 0.518 bits per heavy atom. The number of aromatic nitrogens is 2. The number of aromatic amines is 2. The molecule has 0 aliphatic carbocycles. The van der Waals surface area contributed by atoms with Gasteiger partial charge < -0.3 is 108 Å². The summed E-state index contributed by atoms with van der Waals surface area (Å²) in [6.45, 7) is 5.60. The molecular formula is C76H110N20O15S. The number of guanidine groups is 1. The predicted octanol–water partition coefficient (Wildman–Crippen LogP) is -1.05. The molecular weight excluding hydrogens is 1470 g/mol. The van der Waals surface area contributed by atoms with Crippen LogP contribution in [0.15, 0.2) is 96.2 Å². The number of thioether (sulfide) groups is 1. The quantitative estimate of drug-likeness (QED) is 0.0126. The van der Waals surface area contributed by atoms with Crippen LogP contribution in [0, 0.1) is 5.92 Å². The Balaban J connectivity index is 0.00000477. The van der Waals surface area contributed by atoms with Crippen molar-refractivity contribution in [3.63, 3.8) is 0 Å². The second-order valence-corrected chi connectivity index (χ2v) is 29.4. The number of carboxylic acid groups (broad SMARTS) is 1. The van der Waals surface area contributed by atoms with E-state index in [0.717, 1.165) is 17.8 Å². The van der Waals surface area contributed by atoms with Gasteiger partial charge >= 0.3 is 0 Å². The van der Waals surface area contributed by atoms with Crippen molar-refractivity contribution >= 4 is 122 Å². The van der Waals surface area contributed by atoms with E-state index >= 15 is 14.4 Å². The number of amides is 13. The van der Waals surface area contributed by atoms with Gasteiger partial charge in [-0.2, -0.15) is 11.8 Å². The van der Waals surface area contributed by atoms with Gasteiger partial charge in [0.25, 0.3) is 5.97 Å². The van der Waals surface area contributed by atoms with Gasteiger partial charge in [-0.1, -0.05) is 80.6 Å². The number of nitrogens with one attached hydrogen (secondary N) is 10. The summed E-state index contributed by atoms with van der Waals surface area (Å²) in [5.41, 5.74) is 43.1. The molecule has 2 aliphatic rings. The summed E-state index contributed by atoms with van der Waals surface area (Å²) in [5.74, 6) is -10.9. The Morgan fingerprint density at radius 3 is 1.42 bits per heavy atom. The Bertz CT molecular complexity index is 4090. The molecule has 13 amide bonds. The molecule has 2 saturated heterocycles. The van der Waals surface area contributed by atoms with Gasteiger partial charge in [-0.3, -0.25) is 72.1 Å². The van der Waals surface area contributed by atoms with Gasteiger partial charge in [0.2, 0.25) is 76.8 Å². The summed E-state index contributed by atoms with van der Waals surface area (Å²) in [6.07, 6.45) is 5.97. The number of aliphatic imine (C=N–C) groups is 1. The van der Waals surface area contributed by atoms with Crippen molar-refractivity contribution in [2.45, 2.75) is 203 Å². The van der Waals surface area contributed by atoms with Crippen LogP contribution in [-0.4, -0.2) is 218 Å². The molecule has 0 saturated carbocycles. The first kappa shape index (κ1) is 89.8. The van der Waals surface area contributed by atoms with Crippen LogP contribution in [0.5, 0.6) is 0 Å². The van der Waals surface area contributed by atoms with E-state index in [-0.39, 0.29) is 89.4 Å². The van der Waals surface area contributed by atoms with Gasteiger partial charge in [-0.05, 0) is 137 Å². The number of carbonyl (C=O) groups is 14. The summed E-state index contributed by atoms with van der Waals surface area (Å²) in [4.78, 5) is 206. The summed E-state index contributed by atoms with van der Waals surface area (Å²) in [5, 5.41) is 30.9. The third-order valence-corrected chi connectivity index (χ3v) is 19.8. The van der Waals surface area contributed by atoms with E-state index in [1.165, 1.54) is 21.6 Å². The second kappa shape index (κ2) is 45.3. The summed E-state index contributed by atoms with van der Waals surface area (Å²) < 4.78 is 0. The summed E-state index contributed by atoms with van der Waals surface area (Å²) >= 11 is 1.45. The van der Waals surface area contributed by atoms with Crippen LogP contribution in [0.2, 0.25) is 0 Å². The van der Waals surface area contributed by atoms with Crippen molar-refractivity contribution < 1.29 is 72.2 Å². The molecule has 112 heavy (non-hydrogen) atoms. The van der Waals surface area contributed by atoms with Crippen LogP contribution in [0.4, 0.5) is 0 Å². The number of nitrogens with two attached hydrogens (primary N) is 7. The third kappa shape index (κ3) is 28.3. The average molecular weight is 1580 g/mol. The Labute approximate surface area is 653 Å². The predicted molar refractivity (Wildman–Crippen MR) is 422 cm³/mol. The molecule has 2 aliphatic heterocycles. The number of hydrogen-bond donors (Lipinski definition) is 18. The molecule has 3 aromatic carbocycles. The lowest BCUT2D eigenvalue weighted by Gasteiger charge is -2.32. The lowest BCUT2D eigenvalue weighted by Crippen LogP contribution is -2.61. The highest BCUT2D eigenvalue weighted by Gasteiger charge is 2.43. The largest absolute Gasteiger partial charge is 0.481 e. The van der Waals surface area contributed by atoms with Gasteiger partial charge in [0.05, 0.1) is 6.04 Å². The summed E-state index contributed by atoms with van der Waals surface area (Å²) in [6, 6.07) is 8.68. The molecule has 25 N–H and O–H groups in total. The summed E-state index contributed by atoms with van der Waals surface area (Å²) in [7, 11) is 0. The van der Waals surface area contributed by atoms with Gasteiger partial charge in [0, 0.05) is 92.9 Å². The van der Waals surface area contributed by atoms with Gasteiger partial charge in [-0.15, -0.1) is 0 Å². The number of primary amides is 3. The smallest absolute Gasteiger partial charge is 0.300 e. The van der Waals surface area contributed by atoms with Gasteiger partial charge in [0.1, 0.15) is 60.4 Å². The van der Waals surface area contributed by atoms with Crippen molar-refractivity contribution in [3.8, 4) is 0 Å². The van der Waals surface area contributed by atoms with Crippen molar-refractivity contribution in [2.24, 2.45) is 51.0 Å². The maximum absolute atomic E-state index is 15.4. The number of hydrogen-bond acceptors (Lipinski definition) is 18. The number of carboxylic acids is 1. The highest BCUT2D eigenvalue weighted by Crippen LogP contribution is 2.26. The molecule has 2 fully saturated rings. The van der Waals surface area contributed by atoms with Gasteiger partial charge in [-0.25, -0.2) is 0 Å². The Morgan fingerprint density at radius 2 is 0.946 bits per heavy atom. The zero-order chi connectivity index (χ0) is 82.1. The molecule has 11 atom stereocenters. The fourth-order valence-electron chi connectivity index (χ4n) is 13.4. The third-order valence-electron chi connectivity index (χ3n) is 19.1. The zero-order valence-electron chi connectivity index (χ0n) is 63.8. The van der Waals surface area contributed by atoms with Crippen molar-refractivity contribution in [3.05, 3.63) is 108 Å². The van der Waals surface area contributed by atoms with E-state index in [9.17, 15) is 47.9 Å². The SMILES string of the molecule is CC(=O)O.CSCC[C@H](NC(=O)[C@H](CC(C)C)NC(=O)[C@@H](Cc1c[nH]c2ccccc12)NC(=O)[C@H](Cc1ccccc1)NC(=O)[C@@H](Cc1c[nH]c2ccccc12)NC(=O)[C@H](CCC(N)=O)NC(=O)[C@H](CCC(N)=O)NC(=O)[C@@H]1CCCN1C(=O)[C@H](CCCCN)NC(=O)[C@H]1CCCN1C(=O)[C@@H](N)CCCN=C(N)N)C(N)=O. The zero-order valence-corrected chi connectivity index (χ0v) is 64.6. The molecule has 0 unspecified atom stereocenters. The number of aliphatic carboxylic acids is 1. The van der Waals surface area contributed by atoms with Crippen LogP contribution < -0.4 is 82.7 Å². The molecule has 0 spiro atoms. The van der Waals surface area contributed by atoms with Crippen molar-refractivity contribution in [1.82, 2.24) is 62.3 Å². The minimum atomic E-state index is -1.69. The first-order chi connectivity index (χ1) is 53.4. The fourth-order valence-corrected chi connectivity index (χ4v) is 13.9. The highest BCUT2D eigenvalue weighted by molar-refractivity contribution is 7.98. The maximum atomic E-state index is 15.4. The lowest BCUT2D eigenvalue weighted by molar-refractivity contribution is -0.144. The molecule has 7 rings (SSSR count). The normalized spacial score (nSPS) is 16.3. The number of nitrogens with zero attached hydrogens (tertiary/aromatic N) is 3. The molecule has 0 radical (unpaired) electrons. The molecule has 36 heteroatoms. The van der Waals surface area contributed by atoms with Crippen molar-refractivity contribution in [1.29, 1.82) is 0 Å². The lowest BCUT2D eigenvalue weighted by atomic mass is 9.99. The van der Waals surface area contributed by atoms with Crippen LogP contribution in [0.3, 0.4) is 0 Å². The van der Waals surface area contributed by atoms with Gasteiger partial charge in [0.15, 0.2) is 5.96 Å². The second-order valence-electron chi connectivity index (χ2n) is 28.4. The molecule has 610 valence electrons. The highest BCUT2D eigenvalue weighted by atomic mass is 32.2. The van der Waals surface area contributed by atoms with E-state index in [2.05, 4.69) is 57.5 Å². The fraction of sp³-hybridized carbons (Fsp3) is 0.513. The number of likely N-dealkylation sites (tertiary alicyclic amines) is 2. The average Bonchev–Trinajstić information content (AvgIpc) is 1.65. The first-order valence-electron chi connectivity index (χ1n) is 37.6. The van der Waals surface area contributed by atoms with Crippen LogP contribution >= 0.6 is 11.8 Å². The molecule has 2 aromatic heterocycles. The van der Waals surface area contributed by atoms with E-state index in [1.807, 2.05) is 38.3 Å². The van der Waals surface area contributed by atoms with E-state index in [4.69, 9.17) is 50.0 Å². The maximum Gasteiger partial charge on any atom is 0.300 e. The van der Waals surface area contributed by atoms with Crippen LogP contribution in [0.25, 0.3) is 21.8 Å². The van der Waals surface area contributed by atoms with Crippen molar-refractivity contribution in [2.75, 3.05) is 38.2 Å². The Hall–Kier alpha value is -11.1. The molecule has 4 heterocycles. The van der Waals surface area contributed by atoms with Crippen LogP contribution in [0.1, 0.15) is 134 Å². The van der Waals surface area contributed by atoms with E-state index < -0.39 is 175 Å². The minimum Gasteiger partial charge on any atom is -0.481 e. The molecule has 35 nitrogen and oxygen atoms in total. The number of H-pyrrole nitrogens is 2. The van der Waals surface area contributed by atoms with E-state index in [0.29, 0.717) is 71.9 Å². The monoisotopic (exact) mass is 1570 g/mol. The minimum absolute atomic E-state index is 0.0616. The number of rotatable bonds is 44. The Kier molecular flexibility index (Phi) is 36.3.